The number of hydrogen-bond donors (Lipinski definition) is 10. The van der Waals surface area contributed by atoms with Crippen molar-refractivity contribution < 1.29 is 33.5 Å². The number of pyridine rings is 1. The average molecular weight is 927 g/mol. The molecule has 19 heteroatoms. The van der Waals surface area contributed by atoms with Gasteiger partial charge in [0.15, 0.2) is 0 Å². The number of benzene rings is 2. The number of halogens is 1. The number of methoxy groups -OCH3 is 1. The molecule has 1 unspecified atom stereocenters. The number of aromatic nitrogens is 1. The largest absolute Gasteiger partial charge is 0.497 e. The molecule has 2 aromatic carbocycles. The van der Waals surface area contributed by atoms with Crippen molar-refractivity contribution in [1.82, 2.24) is 31.8 Å². The van der Waals surface area contributed by atoms with Crippen molar-refractivity contribution in [1.29, 1.82) is 0 Å². The molecule has 0 aliphatic heterocycles. The summed E-state index contributed by atoms with van der Waals surface area (Å²) in [5.41, 5.74) is 31.1. The number of carbonyl (C=O) groups excluding carboxylic acids is 6. The second-order valence-electron chi connectivity index (χ2n) is 16.3. The molecule has 3 rings (SSSR count). The van der Waals surface area contributed by atoms with E-state index in [1.54, 1.807) is 19.2 Å². The minimum atomic E-state index is -1.24. The van der Waals surface area contributed by atoms with Crippen LogP contribution in [0.3, 0.4) is 0 Å². The number of rotatable bonds is 35. The van der Waals surface area contributed by atoms with Gasteiger partial charge in [0.25, 0.3) is 0 Å². The Hall–Kier alpha value is -4.82. The maximum Gasteiger partial charge on any atom is 0.243 e. The molecular weight excluding hydrogens is 854 g/mol. The molecule has 0 radical (unpaired) electrons. The van der Waals surface area contributed by atoms with Crippen molar-refractivity contribution in [2.45, 2.75) is 133 Å². The smallest absolute Gasteiger partial charge is 0.243 e. The van der Waals surface area contributed by atoms with E-state index in [2.05, 4.69) is 32.1 Å². The van der Waals surface area contributed by atoms with Crippen molar-refractivity contribution >= 4 is 74.7 Å². The maximum atomic E-state index is 14.1. The lowest BCUT2D eigenvalue weighted by atomic mass is 9.94. The normalized spacial score (nSPS) is 13.6. The van der Waals surface area contributed by atoms with Gasteiger partial charge in [-0.2, -0.15) is 0 Å². The van der Waals surface area contributed by atoms with Gasteiger partial charge in [0, 0.05) is 29.3 Å². The molecule has 0 bridgehead atoms. The summed E-state index contributed by atoms with van der Waals surface area (Å²) in [5, 5.41) is 14.1. The van der Waals surface area contributed by atoms with Crippen LogP contribution < -0.4 is 59.8 Å². The Balaban J connectivity index is 1.76. The van der Waals surface area contributed by atoms with Crippen molar-refractivity contribution in [3.05, 3.63) is 41.4 Å². The summed E-state index contributed by atoms with van der Waals surface area (Å²) in [6, 6.07) is 6.25. The predicted octanol–water partition coefficient (Wildman–Crippen LogP) is 2.79. The van der Waals surface area contributed by atoms with Gasteiger partial charge in [0.1, 0.15) is 18.1 Å². The van der Waals surface area contributed by atoms with Crippen LogP contribution >= 0.6 is 11.6 Å². The number of amides is 3. The first-order chi connectivity index (χ1) is 31.4. The Labute approximate surface area is 387 Å². The van der Waals surface area contributed by atoms with Crippen LogP contribution in [-0.2, 0) is 28.8 Å². The number of anilines is 1. The van der Waals surface area contributed by atoms with E-state index in [4.69, 9.17) is 44.3 Å². The Kier molecular flexibility index (Phi) is 25.5. The number of hydrogen-bond acceptors (Lipinski definition) is 15. The van der Waals surface area contributed by atoms with E-state index in [-0.39, 0.29) is 19.3 Å². The number of nitrogens with one attached hydrogen (secondary N) is 6. The van der Waals surface area contributed by atoms with Crippen LogP contribution in [0.4, 0.5) is 5.69 Å². The van der Waals surface area contributed by atoms with Gasteiger partial charge < -0.3 is 53.7 Å². The van der Waals surface area contributed by atoms with Crippen LogP contribution in [0.5, 0.6) is 5.75 Å². The summed E-state index contributed by atoms with van der Waals surface area (Å²) in [5.74, 6) is -2.66. The molecule has 0 aliphatic carbocycles. The number of ether oxygens (including phenoxy) is 1. The van der Waals surface area contributed by atoms with Crippen LogP contribution in [0, 0.1) is 0 Å². The number of fused-ring (bicyclic) bond motifs is 2. The second-order valence-corrected chi connectivity index (χ2v) is 16.7. The molecule has 0 saturated heterocycles. The molecule has 0 saturated carbocycles. The molecule has 3 aromatic rings. The molecule has 0 spiro atoms. The van der Waals surface area contributed by atoms with Crippen molar-refractivity contribution in [3.63, 3.8) is 0 Å². The second kappa shape index (κ2) is 30.4. The Bertz CT molecular complexity index is 1990. The molecule has 0 fully saturated rings. The highest BCUT2D eigenvalue weighted by molar-refractivity contribution is 6.41. The van der Waals surface area contributed by atoms with Gasteiger partial charge in [-0.1, -0.05) is 24.4 Å². The summed E-state index contributed by atoms with van der Waals surface area (Å²) in [6.07, 6.45) is 7.82. The molecule has 0 aliphatic rings. The summed E-state index contributed by atoms with van der Waals surface area (Å²) in [7, 11) is 1.60. The van der Waals surface area contributed by atoms with E-state index in [0.29, 0.717) is 114 Å². The van der Waals surface area contributed by atoms with Crippen molar-refractivity contribution in [2.24, 2.45) is 22.9 Å². The number of Topliss-reactive ketones (excluding diaryl/α,β-unsaturated/α-hetero) is 2. The summed E-state index contributed by atoms with van der Waals surface area (Å²) < 4.78 is 5.48. The number of carbonyl (C=O) groups is 6. The predicted molar refractivity (Wildman–Crippen MR) is 256 cm³/mol. The van der Waals surface area contributed by atoms with E-state index < -0.39 is 59.5 Å². The average Bonchev–Trinajstić information content (AvgIpc) is 3.29. The van der Waals surface area contributed by atoms with Crippen LogP contribution in [0.1, 0.15) is 103 Å². The monoisotopic (exact) mass is 926 g/mol. The lowest BCUT2D eigenvalue weighted by Crippen LogP contribution is -2.58. The van der Waals surface area contributed by atoms with Crippen molar-refractivity contribution in [3.8, 4) is 5.75 Å². The van der Waals surface area contributed by atoms with Crippen LogP contribution in [-0.4, -0.2) is 111 Å². The summed E-state index contributed by atoms with van der Waals surface area (Å²) in [6.45, 7) is 3.40. The molecule has 65 heavy (non-hydrogen) atoms. The molecular formula is C46H72ClN11O7. The topological polar surface area (TPSA) is 301 Å². The minimum absolute atomic E-state index is 0.113. The number of ketones is 2. The molecule has 360 valence electrons. The highest BCUT2D eigenvalue weighted by atomic mass is 35.5. The zero-order valence-corrected chi connectivity index (χ0v) is 38.8. The first-order valence-electron chi connectivity index (χ1n) is 22.9. The van der Waals surface area contributed by atoms with Gasteiger partial charge in [-0.3, -0.25) is 24.0 Å². The fourth-order valence-corrected chi connectivity index (χ4v) is 7.64. The number of nitrogens with two attached hydrogens (primary N) is 4. The number of unbranched alkanes of at least 4 members (excludes halogenated alkanes) is 5. The molecule has 18 nitrogen and oxygen atoms in total. The third-order valence-corrected chi connectivity index (χ3v) is 11.3. The Morgan fingerprint density at radius 1 is 0.631 bits per heavy atom. The minimum Gasteiger partial charge on any atom is -0.497 e. The molecule has 1 aromatic heterocycles. The third kappa shape index (κ3) is 18.5. The van der Waals surface area contributed by atoms with Crippen LogP contribution in [0.25, 0.3) is 21.8 Å². The maximum absolute atomic E-state index is 14.1. The quantitative estimate of drug-likeness (QED) is 0.0133. The van der Waals surface area contributed by atoms with Crippen LogP contribution in [0.2, 0.25) is 5.02 Å². The van der Waals surface area contributed by atoms with Crippen LogP contribution in [0.15, 0.2) is 36.4 Å². The highest BCUT2D eigenvalue weighted by Gasteiger charge is 2.35. The molecule has 14 N–H and O–H groups in total. The Morgan fingerprint density at radius 3 is 1.72 bits per heavy atom. The highest BCUT2D eigenvalue weighted by Crippen LogP contribution is 2.34. The molecule has 1 heterocycles. The van der Waals surface area contributed by atoms with Gasteiger partial charge in [-0.05, 0) is 146 Å². The van der Waals surface area contributed by atoms with E-state index in [1.807, 2.05) is 24.3 Å². The Morgan fingerprint density at radius 2 is 1.17 bits per heavy atom. The first kappa shape index (κ1) is 54.5. The number of nitrogens with zero attached hydrogens (tertiary/aromatic N) is 1. The van der Waals surface area contributed by atoms with E-state index in [9.17, 15) is 28.8 Å². The van der Waals surface area contributed by atoms with Gasteiger partial charge in [0.05, 0.1) is 48.0 Å². The summed E-state index contributed by atoms with van der Waals surface area (Å²) >= 11 is 6.30. The van der Waals surface area contributed by atoms with E-state index >= 15 is 0 Å². The van der Waals surface area contributed by atoms with Gasteiger partial charge in [-0.15, -0.1) is 0 Å². The standard InChI is InChI=1S/C46H72ClN11O7/c1-30(60)53-39(16-7-12-26-52-42-34-20-18-31(47)27-41(34)54-36-21-19-33(65-2)28-35(36)42)45(63)55-37(14-4-9-23-49)43(61)44(62)38(15-5-10-24-50)56-46(64)40(17-6-11-25-51)58-57-32(29-59)13-3-8-22-48/h18-21,27-29,32,37-40,57-58H,3-17,22-26,48-51H2,1-2H3,(H,52,54)(H,53,60)(H,55,63)(H,56,64)/t32-,37-,38+,39?,40+/m0/s1. The van der Waals surface area contributed by atoms with E-state index in [1.165, 1.54) is 6.92 Å². The van der Waals surface area contributed by atoms with E-state index in [0.717, 1.165) is 40.2 Å². The SMILES string of the molecule is COc1ccc2nc3cc(Cl)ccc3c(NCCCCC(NC(C)=O)C(=O)N[C@@H](CCCCN)C(=O)C(=O)[C@@H](CCCCN)NC(=O)[C@@H](CCCCN)NN[C@H](C=O)CCCCN)c2c1. The van der Waals surface area contributed by atoms with Gasteiger partial charge >= 0.3 is 0 Å². The number of aldehydes is 1. The fourth-order valence-electron chi connectivity index (χ4n) is 7.48. The lowest BCUT2D eigenvalue weighted by molar-refractivity contribution is -0.141. The first-order valence-corrected chi connectivity index (χ1v) is 23.3. The zero-order valence-electron chi connectivity index (χ0n) is 38.1. The zero-order chi connectivity index (χ0) is 47.6. The molecule has 5 atom stereocenters. The lowest BCUT2D eigenvalue weighted by Gasteiger charge is -2.26. The fraction of sp³-hybridized carbons (Fsp3) is 0.587. The van der Waals surface area contributed by atoms with Gasteiger partial charge in [-0.25, -0.2) is 15.8 Å². The third-order valence-electron chi connectivity index (χ3n) is 11.1. The summed E-state index contributed by atoms with van der Waals surface area (Å²) in [4.78, 5) is 84.9. The molecule has 3 amide bonds. The number of hydrazine groups is 1. The van der Waals surface area contributed by atoms with Gasteiger partial charge in [0.2, 0.25) is 29.3 Å². The van der Waals surface area contributed by atoms with Crippen molar-refractivity contribution in [2.75, 3.05) is 45.2 Å².